The van der Waals surface area contributed by atoms with Gasteiger partial charge in [0.25, 0.3) is 0 Å². The van der Waals surface area contributed by atoms with Crippen LogP contribution in [-0.4, -0.2) is 35.9 Å². The molecule has 0 saturated carbocycles. The molecule has 1 amide bonds. The van der Waals surface area contributed by atoms with Crippen molar-refractivity contribution in [2.45, 2.75) is 65.8 Å². The molecule has 1 N–H and O–H groups in total. The van der Waals surface area contributed by atoms with Gasteiger partial charge in [-0.25, -0.2) is 4.79 Å². The molecule has 0 bridgehead atoms. The fourth-order valence-corrected chi connectivity index (χ4v) is 2.74. The van der Waals surface area contributed by atoms with Crippen LogP contribution in [0, 0.1) is 6.92 Å². The van der Waals surface area contributed by atoms with Gasteiger partial charge in [0, 0.05) is 13.6 Å². The van der Waals surface area contributed by atoms with Crippen LogP contribution in [0.25, 0.3) is 0 Å². The van der Waals surface area contributed by atoms with E-state index in [1.165, 1.54) is 16.0 Å². The van der Waals surface area contributed by atoms with Crippen LogP contribution in [-0.2, 0) is 17.7 Å². The quantitative estimate of drug-likeness (QED) is 0.858. The van der Waals surface area contributed by atoms with E-state index >= 15 is 0 Å². The van der Waals surface area contributed by atoms with Crippen molar-refractivity contribution in [2.75, 3.05) is 13.6 Å². The summed E-state index contributed by atoms with van der Waals surface area (Å²) in [6.45, 7) is 13.3. The third-order valence-corrected chi connectivity index (χ3v) is 4.35. The van der Waals surface area contributed by atoms with E-state index in [-0.39, 0.29) is 0 Å². The Morgan fingerprint density at radius 3 is 2.50 bits per heavy atom. The first kappa shape index (κ1) is 18.6. The second-order valence-electron chi connectivity index (χ2n) is 7.84. The largest absolute Gasteiger partial charge is 0.468 e. The second kappa shape index (κ2) is 6.63. The summed E-state index contributed by atoms with van der Waals surface area (Å²) < 4.78 is 11.6. The van der Waals surface area contributed by atoms with E-state index < -0.39 is 17.4 Å². The minimum Gasteiger partial charge on any atom is -0.468 e. The molecular weight excluding hydrogens is 304 g/mol. The zero-order valence-electron chi connectivity index (χ0n) is 15.9. The fourth-order valence-electron chi connectivity index (χ4n) is 2.74. The molecule has 5 nitrogen and oxygen atoms in total. The Hall–Kier alpha value is -1.75. The van der Waals surface area contributed by atoms with Crippen molar-refractivity contribution in [2.24, 2.45) is 0 Å². The summed E-state index contributed by atoms with van der Waals surface area (Å²) in [4.78, 5) is 13.8. The van der Waals surface area contributed by atoms with E-state index in [1.54, 1.807) is 7.05 Å². The average Bonchev–Trinajstić information content (AvgIpc) is 2.47. The third-order valence-electron chi connectivity index (χ3n) is 4.35. The molecule has 2 rings (SSSR count). The third kappa shape index (κ3) is 4.20. The first-order valence-corrected chi connectivity index (χ1v) is 8.49. The molecule has 0 spiro atoms. The highest BCUT2D eigenvalue weighted by Gasteiger charge is 2.33. The van der Waals surface area contributed by atoms with E-state index in [4.69, 9.17) is 9.47 Å². The van der Waals surface area contributed by atoms with Crippen molar-refractivity contribution in [3.8, 4) is 5.75 Å². The highest BCUT2D eigenvalue weighted by Crippen LogP contribution is 2.30. The van der Waals surface area contributed by atoms with Crippen LogP contribution in [0.5, 0.6) is 5.75 Å². The average molecular weight is 334 g/mol. The van der Waals surface area contributed by atoms with E-state index in [0.717, 1.165) is 30.8 Å². The minimum atomic E-state index is -0.811. The molecule has 0 fully saturated rings. The number of ether oxygens (including phenoxy) is 2. The number of fused-ring (bicyclic) bond motifs is 1. The Morgan fingerprint density at radius 1 is 1.21 bits per heavy atom. The number of benzene rings is 1. The molecule has 1 aromatic rings. The molecule has 1 aliphatic heterocycles. The number of hydrogen-bond donors (Lipinski definition) is 1. The van der Waals surface area contributed by atoms with Crippen molar-refractivity contribution < 1.29 is 14.3 Å². The molecule has 1 aromatic carbocycles. The number of nitrogens with one attached hydrogen (secondary N) is 1. The molecule has 134 valence electrons. The maximum absolute atomic E-state index is 12.3. The monoisotopic (exact) mass is 334 g/mol. The number of rotatable bonds is 3. The van der Waals surface area contributed by atoms with Crippen LogP contribution < -0.4 is 10.1 Å². The van der Waals surface area contributed by atoms with Crippen molar-refractivity contribution in [1.82, 2.24) is 10.2 Å². The Bertz CT molecular complexity index is 618. The lowest BCUT2D eigenvalue weighted by Gasteiger charge is -2.37. The predicted octanol–water partition coefficient (Wildman–Crippen LogP) is 3.62. The minimum absolute atomic E-state index is 0.396. The van der Waals surface area contributed by atoms with Crippen molar-refractivity contribution in [1.29, 1.82) is 0 Å². The summed E-state index contributed by atoms with van der Waals surface area (Å²) in [6.07, 6.45) is 0.605. The van der Waals surface area contributed by atoms with Gasteiger partial charge in [-0.3, -0.25) is 4.90 Å². The summed E-state index contributed by atoms with van der Waals surface area (Å²) in [5.74, 6) is 0.816. The van der Waals surface area contributed by atoms with Crippen LogP contribution in [0.15, 0.2) is 12.1 Å². The molecule has 0 radical (unpaired) electrons. The van der Waals surface area contributed by atoms with Crippen molar-refractivity contribution in [3.05, 3.63) is 28.8 Å². The van der Waals surface area contributed by atoms with Gasteiger partial charge in [-0.15, -0.1) is 0 Å². The maximum atomic E-state index is 12.3. The smallest absolute Gasteiger partial charge is 0.413 e. The first-order chi connectivity index (χ1) is 11.0. The Balaban J connectivity index is 2.18. The summed E-state index contributed by atoms with van der Waals surface area (Å²) in [7, 11) is 1.70. The Morgan fingerprint density at radius 2 is 1.88 bits per heavy atom. The van der Waals surface area contributed by atoms with Gasteiger partial charge in [-0.05, 0) is 77.3 Å². The van der Waals surface area contributed by atoms with Crippen LogP contribution in [0.2, 0.25) is 0 Å². The van der Waals surface area contributed by atoms with E-state index in [9.17, 15) is 4.79 Å². The van der Waals surface area contributed by atoms with E-state index in [1.807, 2.05) is 40.7 Å². The SMILES string of the molecule is Cc1c(OC(C)(C)N(C)C(=O)OC(C)(C)C)ccc2c1CCNC2. The number of nitrogens with zero attached hydrogens (tertiary/aromatic N) is 1. The van der Waals surface area contributed by atoms with Gasteiger partial charge in [0.2, 0.25) is 0 Å². The molecule has 5 heteroatoms. The van der Waals surface area contributed by atoms with Gasteiger partial charge in [0.1, 0.15) is 11.4 Å². The van der Waals surface area contributed by atoms with Crippen LogP contribution in [0.1, 0.15) is 51.3 Å². The van der Waals surface area contributed by atoms with Gasteiger partial charge in [0.05, 0.1) is 0 Å². The lowest BCUT2D eigenvalue weighted by atomic mass is 9.95. The lowest BCUT2D eigenvalue weighted by molar-refractivity contribution is -0.0547. The standard InChI is InChI=1S/C19H30N2O3/c1-13-15-10-11-20-12-14(15)8-9-16(13)23-19(5,6)21(7)17(22)24-18(2,3)4/h8-9,20H,10-12H2,1-7H3. The molecule has 0 atom stereocenters. The van der Waals surface area contributed by atoms with Crippen LogP contribution >= 0.6 is 0 Å². The highest BCUT2D eigenvalue weighted by molar-refractivity contribution is 5.68. The fraction of sp³-hybridized carbons (Fsp3) is 0.632. The molecule has 0 unspecified atom stereocenters. The first-order valence-electron chi connectivity index (χ1n) is 8.49. The highest BCUT2D eigenvalue weighted by atomic mass is 16.6. The predicted molar refractivity (Wildman–Crippen MR) is 95.3 cm³/mol. The van der Waals surface area contributed by atoms with Crippen molar-refractivity contribution >= 4 is 6.09 Å². The van der Waals surface area contributed by atoms with Gasteiger partial charge < -0.3 is 14.8 Å². The van der Waals surface area contributed by atoms with Gasteiger partial charge in [0.15, 0.2) is 5.72 Å². The number of hydrogen-bond acceptors (Lipinski definition) is 4. The summed E-state index contributed by atoms with van der Waals surface area (Å²) in [5.41, 5.74) is 2.48. The number of carbonyl (C=O) groups is 1. The molecule has 24 heavy (non-hydrogen) atoms. The summed E-state index contributed by atoms with van der Waals surface area (Å²) >= 11 is 0. The van der Waals surface area contributed by atoms with Gasteiger partial charge in [-0.2, -0.15) is 0 Å². The number of carbonyl (C=O) groups excluding carboxylic acids is 1. The van der Waals surface area contributed by atoms with E-state index in [0.29, 0.717) is 0 Å². The molecule has 0 aliphatic carbocycles. The molecule has 0 aromatic heterocycles. The maximum Gasteiger partial charge on any atom is 0.413 e. The van der Waals surface area contributed by atoms with Gasteiger partial charge in [-0.1, -0.05) is 6.07 Å². The normalized spacial score (nSPS) is 14.8. The zero-order chi connectivity index (χ0) is 18.1. The summed E-state index contributed by atoms with van der Waals surface area (Å²) in [6, 6.07) is 4.10. The second-order valence-corrected chi connectivity index (χ2v) is 7.84. The van der Waals surface area contributed by atoms with E-state index in [2.05, 4.69) is 18.3 Å². The number of amides is 1. The molecular formula is C19H30N2O3. The molecule has 0 saturated heterocycles. The molecule has 1 aliphatic rings. The lowest BCUT2D eigenvalue weighted by Crippen LogP contribution is -2.51. The van der Waals surface area contributed by atoms with Crippen LogP contribution in [0.3, 0.4) is 0 Å². The zero-order valence-corrected chi connectivity index (χ0v) is 15.9. The topological polar surface area (TPSA) is 50.8 Å². The van der Waals surface area contributed by atoms with Crippen LogP contribution in [0.4, 0.5) is 4.79 Å². The Labute approximate surface area is 145 Å². The molecule has 1 heterocycles. The summed E-state index contributed by atoms with van der Waals surface area (Å²) in [5, 5.41) is 3.38. The van der Waals surface area contributed by atoms with Gasteiger partial charge >= 0.3 is 6.09 Å². The van der Waals surface area contributed by atoms with Crippen molar-refractivity contribution in [3.63, 3.8) is 0 Å². The Kier molecular flexibility index (Phi) is 5.14.